The summed E-state index contributed by atoms with van der Waals surface area (Å²) in [5, 5.41) is 18.3. The molecular formula is C9H14BrN3O2. The molecule has 0 aliphatic carbocycles. The van der Waals surface area contributed by atoms with E-state index in [1.54, 1.807) is 11.7 Å². The Morgan fingerprint density at radius 1 is 1.47 bits per heavy atom. The monoisotopic (exact) mass is 275 g/mol. The van der Waals surface area contributed by atoms with Crippen molar-refractivity contribution >= 4 is 15.9 Å². The average molecular weight is 276 g/mol. The Balaban J connectivity index is 2.34. The van der Waals surface area contributed by atoms with E-state index in [4.69, 9.17) is 4.74 Å². The molecule has 84 valence electrons. The maximum atomic E-state index is 10.6. The third-order valence-corrected chi connectivity index (χ3v) is 3.30. The van der Waals surface area contributed by atoms with Gasteiger partial charge in [0.1, 0.15) is 11.3 Å². The summed E-state index contributed by atoms with van der Waals surface area (Å²) in [6.45, 7) is 1.29. The van der Waals surface area contributed by atoms with Gasteiger partial charge in [-0.2, -0.15) is 0 Å². The number of ether oxygens (including phenoxy) is 1. The Morgan fingerprint density at radius 2 is 2.27 bits per heavy atom. The molecule has 1 unspecified atom stereocenters. The molecule has 1 aliphatic heterocycles. The largest absolute Gasteiger partial charge is 0.383 e. The number of aromatic nitrogens is 3. The molecule has 2 heterocycles. The first-order valence-electron chi connectivity index (χ1n) is 4.99. The van der Waals surface area contributed by atoms with Crippen LogP contribution in [0.5, 0.6) is 0 Å². The van der Waals surface area contributed by atoms with Crippen LogP contribution in [0.3, 0.4) is 0 Å². The van der Waals surface area contributed by atoms with Gasteiger partial charge in [0.2, 0.25) is 0 Å². The Labute approximate surface area is 96.6 Å². The molecule has 0 bridgehead atoms. The summed E-state index contributed by atoms with van der Waals surface area (Å²) < 4.78 is 7.58. The van der Waals surface area contributed by atoms with Gasteiger partial charge in [-0.1, -0.05) is 5.21 Å². The van der Waals surface area contributed by atoms with Gasteiger partial charge in [-0.25, -0.2) is 4.68 Å². The van der Waals surface area contributed by atoms with Crippen molar-refractivity contribution in [2.75, 3.05) is 13.2 Å². The van der Waals surface area contributed by atoms with Crippen LogP contribution < -0.4 is 0 Å². The molecule has 1 aromatic rings. The zero-order valence-electron chi connectivity index (χ0n) is 8.61. The van der Waals surface area contributed by atoms with Crippen molar-refractivity contribution in [2.24, 2.45) is 7.05 Å². The van der Waals surface area contributed by atoms with E-state index in [1.807, 2.05) is 0 Å². The first-order chi connectivity index (χ1) is 7.13. The summed E-state index contributed by atoms with van der Waals surface area (Å²) in [4.78, 5) is 0. The van der Waals surface area contributed by atoms with Crippen LogP contribution in [0.25, 0.3) is 0 Å². The van der Waals surface area contributed by atoms with E-state index in [2.05, 4.69) is 26.2 Å². The molecule has 0 radical (unpaired) electrons. The maximum Gasteiger partial charge on any atom is 0.154 e. The Kier molecular flexibility index (Phi) is 3.08. The fourth-order valence-corrected chi connectivity index (χ4v) is 2.69. The predicted molar refractivity (Wildman–Crippen MR) is 57.3 cm³/mol. The normalized spacial score (nSPS) is 27.7. The van der Waals surface area contributed by atoms with Crippen LogP contribution >= 0.6 is 15.9 Å². The minimum absolute atomic E-state index is 0.578. The van der Waals surface area contributed by atoms with Crippen LogP contribution in [0.1, 0.15) is 25.0 Å². The molecule has 0 aromatic carbocycles. The first kappa shape index (κ1) is 11.0. The van der Waals surface area contributed by atoms with Gasteiger partial charge in [-0.15, -0.1) is 5.10 Å². The highest BCUT2D eigenvalue weighted by Gasteiger charge is 2.35. The summed E-state index contributed by atoms with van der Waals surface area (Å²) in [5.41, 5.74) is -0.124. The van der Waals surface area contributed by atoms with Gasteiger partial charge in [0.25, 0.3) is 0 Å². The molecule has 15 heavy (non-hydrogen) atoms. The van der Waals surface area contributed by atoms with E-state index in [0.717, 1.165) is 12.1 Å². The molecule has 5 nitrogen and oxygen atoms in total. The van der Waals surface area contributed by atoms with Crippen LogP contribution in [0.4, 0.5) is 0 Å². The Hall–Kier alpha value is -0.460. The highest BCUT2D eigenvalue weighted by molar-refractivity contribution is 9.10. The number of hydrogen-bond acceptors (Lipinski definition) is 4. The maximum absolute atomic E-state index is 10.6. The number of nitrogens with zero attached hydrogens (tertiary/aromatic N) is 3. The van der Waals surface area contributed by atoms with Crippen molar-refractivity contribution in [1.82, 2.24) is 15.0 Å². The third-order valence-electron chi connectivity index (χ3n) is 2.77. The van der Waals surface area contributed by atoms with E-state index in [1.165, 1.54) is 0 Å². The van der Waals surface area contributed by atoms with E-state index in [9.17, 15) is 5.11 Å². The minimum Gasteiger partial charge on any atom is -0.383 e. The van der Waals surface area contributed by atoms with Gasteiger partial charge in [0.15, 0.2) is 4.60 Å². The molecule has 1 atom stereocenters. The van der Waals surface area contributed by atoms with Crippen molar-refractivity contribution in [3.63, 3.8) is 0 Å². The molecule has 0 saturated carbocycles. The third kappa shape index (κ3) is 2.07. The Bertz CT molecular complexity index is 326. The fraction of sp³-hybridized carbons (Fsp3) is 0.778. The smallest absolute Gasteiger partial charge is 0.154 e. The lowest BCUT2D eigenvalue weighted by molar-refractivity contribution is 0.00639. The molecule has 0 amide bonds. The van der Waals surface area contributed by atoms with Crippen molar-refractivity contribution < 1.29 is 9.84 Å². The summed E-state index contributed by atoms with van der Waals surface area (Å²) in [7, 11) is 1.79. The van der Waals surface area contributed by atoms with Crippen LogP contribution in [0.2, 0.25) is 0 Å². The van der Waals surface area contributed by atoms with E-state index < -0.39 is 5.60 Å². The second-order valence-corrected chi connectivity index (χ2v) is 4.60. The van der Waals surface area contributed by atoms with Gasteiger partial charge < -0.3 is 9.84 Å². The number of halogens is 1. The van der Waals surface area contributed by atoms with Gasteiger partial charge in [-0.3, -0.25) is 0 Å². The van der Waals surface area contributed by atoms with E-state index in [-0.39, 0.29) is 0 Å². The van der Waals surface area contributed by atoms with Gasteiger partial charge in [0, 0.05) is 26.7 Å². The second-order valence-electron chi connectivity index (χ2n) is 3.85. The quantitative estimate of drug-likeness (QED) is 0.830. The molecule has 1 N–H and O–H groups in total. The zero-order valence-corrected chi connectivity index (χ0v) is 10.2. The molecule has 2 rings (SSSR count). The van der Waals surface area contributed by atoms with E-state index in [0.29, 0.717) is 30.7 Å². The summed E-state index contributed by atoms with van der Waals surface area (Å²) in [6.07, 6.45) is 2.13. The Morgan fingerprint density at radius 3 is 2.93 bits per heavy atom. The molecule has 1 aromatic heterocycles. The van der Waals surface area contributed by atoms with Crippen LogP contribution in [0, 0.1) is 0 Å². The lowest BCUT2D eigenvalue weighted by Crippen LogP contribution is -2.29. The highest BCUT2D eigenvalue weighted by atomic mass is 79.9. The van der Waals surface area contributed by atoms with Gasteiger partial charge in [-0.05, 0) is 28.8 Å². The number of aryl methyl sites for hydroxylation is 1. The lowest BCUT2D eigenvalue weighted by Gasteiger charge is -2.25. The van der Waals surface area contributed by atoms with Gasteiger partial charge in [0.05, 0.1) is 0 Å². The second kappa shape index (κ2) is 4.19. The standard InChI is InChI=1S/C9H14BrN3O2/c1-13-7(8(10)11-12-13)9(14)3-2-5-15-6-4-9/h14H,2-6H2,1H3. The van der Waals surface area contributed by atoms with Crippen molar-refractivity contribution in [3.05, 3.63) is 10.3 Å². The van der Waals surface area contributed by atoms with Crippen molar-refractivity contribution in [3.8, 4) is 0 Å². The van der Waals surface area contributed by atoms with Crippen molar-refractivity contribution in [2.45, 2.75) is 24.9 Å². The molecule has 1 aliphatic rings. The van der Waals surface area contributed by atoms with Crippen LogP contribution in [-0.2, 0) is 17.4 Å². The predicted octanol–water partition coefficient (Wildman–Crippen LogP) is 0.966. The first-order valence-corrected chi connectivity index (χ1v) is 5.78. The summed E-state index contributed by atoms with van der Waals surface area (Å²) >= 11 is 3.32. The summed E-state index contributed by atoms with van der Waals surface area (Å²) in [5.74, 6) is 0. The number of hydrogen-bond donors (Lipinski definition) is 1. The topological polar surface area (TPSA) is 60.2 Å². The zero-order chi connectivity index (χ0) is 10.9. The average Bonchev–Trinajstić information content (AvgIpc) is 2.40. The van der Waals surface area contributed by atoms with Gasteiger partial charge >= 0.3 is 0 Å². The fourth-order valence-electron chi connectivity index (χ4n) is 2.00. The van der Waals surface area contributed by atoms with Crippen LogP contribution in [0.15, 0.2) is 4.60 Å². The SMILES string of the molecule is Cn1nnc(Br)c1C1(O)CCCOCC1. The number of rotatable bonds is 1. The highest BCUT2D eigenvalue weighted by Crippen LogP contribution is 2.34. The lowest BCUT2D eigenvalue weighted by atomic mass is 9.91. The van der Waals surface area contributed by atoms with Crippen molar-refractivity contribution in [1.29, 1.82) is 0 Å². The number of aliphatic hydroxyl groups is 1. The molecule has 6 heteroatoms. The molecule has 0 spiro atoms. The van der Waals surface area contributed by atoms with Crippen LogP contribution in [-0.4, -0.2) is 33.3 Å². The summed E-state index contributed by atoms with van der Waals surface area (Å²) in [6, 6.07) is 0. The molecular weight excluding hydrogens is 262 g/mol. The molecule has 1 fully saturated rings. The van der Waals surface area contributed by atoms with E-state index >= 15 is 0 Å². The molecule has 1 saturated heterocycles. The minimum atomic E-state index is -0.867.